The van der Waals surface area contributed by atoms with Gasteiger partial charge in [-0.1, -0.05) is 30.3 Å². The number of aromatic nitrogens is 5. The Morgan fingerprint density at radius 2 is 1.87 bits per heavy atom. The molecule has 5 aromatic rings. The molecule has 5 rings (SSSR count). The molecule has 3 aromatic heterocycles. The summed E-state index contributed by atoms with van der Waals surface area (Å²) < 4.78 is 13.2. The summed E-state index contributed by atoms with van der Waals surface area (Å²) in [6, 6.07) is 19.2. The summed E-state index contributed by atoms with van der Waals surface area (Å²) in [6.45, 7) is 11.6. The maximum atomic E-state index is 13.8. The van der Waals surface area contributed by atoms with Gasteiger partial charge in [0.25, 0.3) is 5.56 Å². The van der Waals surface area contributed by atoms with Crippen molar-refractivity contribution in [3.8, 4) is 5.75 Å². The number of aryl methyl sites for hydroxylation is 1. The fourth-order valence-electron chi connectivity index (χ4n) is 4.88. The predicted molar refractivity (Wildman–Crippen MR) is 150 cm³/mol. The minimum absolute atomic E-state index is 0.179. The molecule has 0 radical (unpaired) electrons. The summed E-state index contributed by atoms with van der Waals surface area (Å²) >= 11 is 0. The van der Waals surface area contributed by atoms with Crippen LogP contribution in [0.3, 0.4) is 0 Å². The summed E-state index contributed by atoms with van der Waals surface area (Å²) in [4.78, 5) is 19.1. The van der Waals surface area contributed by atoms with E-state index < -0.39 is 11.6 Å². The van der Waals surface area contributed by atoms with Crippen LogP contribution in [0, 0.1) is 6.92 Å². The Morgan fingerprint density at radius 1 is 1.08 bits per heavy atom. The first-order valence-electron chi connectivity index (χ1n) is 13.1. The van der Waals surface area contributed by atoms with Gasteiger partial charge in [-0.2, -0.15) is 0 Å². The molecule has 202 valence electrons. The van der Waals surface area contributed by atoms with Gasteiger partial charge in [0.05, 0.1) is 30.5 Å². The highest BCUT2D eigenvalue weighted by molar-refractivity contribution is 5.82. The fourth-order valence-corrected chi connectivity index (χ4v) is 4.88. The van der Waals surface area contributed by atoms with Gasteiger partial charge >= 0.3 is 0 Å². The Bertz CT molecular complexity index is 1600. The lowest BCUT2D eigenvalue weighted by atomic mass is 10.00. The number of furan rings is 1. The number of para-hydroxylation sites is 1. The van der Waals surface area contributed by atoms with Crippen LogP contribution in [-0.2, 0) is 18.6 Å². The van der Waals surface area contributed by atoms with Crippen molar-refractivity contribution in [1.82, 2.24) is 30.1 Å². The van der Waals surface area contributed by atoms with Crippen LogP contribution in [0.1, 0.15) is 62.0 Å². The van der Waals surface area contributed by atoms with Crippen LogP contribution in [0.2, 0.25) is 0 Å². The van der Waals surface area contributed by atoms with E-state index in [1.165, 1.54) is 0 Å². The zero-order valence-corrected chi connectivity index (χ0v) is 23.0. The number of benzene rings is 2. The Labute approximate surface area is 227 Å². The van der Waals surface area contributed by atoms with E-state index in [9.17, 15) is 4.79 Å². The summed E-state index contributed by atoms with van der Waals surface area (Å²) in [5.74, 6) is 2.17. The molecule has 3 heterocycles. The van der Waals surface area contributed by atoms with Gasteiger partial charge in [-0.05, 0) is 91.9 Å². The highest BCUT2D eigenvalue weighted by atomic mass is 16.5. The van der Waals surface area contributed by atoms with Crippen molar-refractivity contribution in [3.63, 3.8) is 0 Å². The molecule has 9 heteroatoms. The number of hydrogen-bond acceptors (Lipinski definition) is 7. The Morgan fingerprint density at radius 3 is 2.56 bits per heavy atom. The van der Waals surface area contributed by atoms with Crippen LogP contribution in [0.5, 0.6) is 5.75 Å². The number of rotatable bonds is 9. The first kappa shape index (κ1) is 26.4. The third-order valence-corrected chi connectivity index (χ3v) is 6.71. The van der Waals surface area contributed by atoms with Crippen molar-refractivity contribution in [2.24, 2.45) is 0 Å². The molecule has 0 aliphatic heterocycles. The van der Waals surface area contributed by atoms with Crippen molar-refractivity contribution in [3.05, 3.63) is 106 Å². The molecule has 0 amide bonds. The molecule has 0 aliphatic carbocycles. The van der Waals surface area contributed by atoms with Gasteiger partial charge in [0.15, 0.2) is 5.82 Å². The summed E-state index contributed by atoms with van der Waals surface area (Å²) in [5.41, 5.74) is 2.86. The minimum atomic E-state index is -0.565. The molecule has 1 atom stereocenters. The molecule has 0 aliphatic rings. The third kappa shape index (κ3) is 5.63. The van der Waals surface area contributed by atoms with Crippen LogP contribution in [0.4, 0.5) is 0 Å². The largest absolute Gasteiger partial charge is 0.494 e. The first-order valence-corrected chi connectivity index (χ1v) is 13.1. The molecule has 0 spiro atoms. The highest BCUT2D eigenvalue weighted by Crippen LogP contribution is 2.32. The topological polar surface area (TPSA) is 102 Å². The number of H-pyrrole nitrogens is 1. The fraction of sp³-hybridized carbons (Fsp3) is 0.333. The molecular formula is C30H34N6O3. The SMILES string of the molecule is CCOc1ccc(CN(Cc2ccco2)[C@@H](c2cc3cccc(C)c3[nH]c2=O)c2nnnn2C(C)(C)C)cc1. The van der Waals surface area contributed by atoms with Gasteiger partial charge in [-0.15, -0.1) is 5.10 Å². The van der Waals surface area contributed by atoms with E-state index in [0.29, 0.717) is 31.1 Å². The van der Waals surface area contributed by atoms with E-state index in [4.69, 9.17) is 9.15 Å². The van der Waals surface area contributed by atoms with Gasteiger partial charge in [0.2, 0.25) is 0 Å². The number of ether oxygens (including phenoxy) is 1. The van der Waals surface area contributed by atoms with Crippen LogP contribution in [-0.4, -0.2) is 36.7 Å². The molecule has 39 heavy (non-hydrogen) atoms. The normalized spacial score (nSPS) is 12.8. The van der Waals surface area contributed by atoms with E-state index in [1.54, 1.807) is 10.9 Å². The molecule has 0 saturated heterocycles. The Hall–Kier alpha value is -4.24. The van der Waals surface area contributed by atoms with Gasteiger partial charge in [0.1, 0.15) is 17.6 Å². The summed E-state index contributed by atoms with van der Waals surface area (Å²) in [5, 5.41) is 13.8. The number of nitrogens with zero attached hydrogens (tertiary/aromatic N) is 5. The predicted octanol–water partition coefficient (Wildman–Crippen LogP) is 5.36. The number of fused-ring (bicyclic) bond motifs is 1. The maximum Gasteiger partial charge on any atom is 0.253 e. The second kappa shape index (κ2) is 10.9. The number of aromatic amines is 1. The Balaban J connectivity index is 1.69. The molecular weight excluding hydrogens is 492 g/mol. The van der Waals surface area contributed by atoms with Crippen molar-refractivity contribution in [1.29, 1.82) is 0 Å². The first-order chi connectivity index (χ1) is 18.7. The second-order valence-electron chi connectivity index (χ2n) is 10.7. The second-order valence-corrected chi connectivity index (χ2v) is 10.7. The Kier molecular flexibility index (Phi) is 7.34. The molecule has 0 bridgehead atoms. The van der Waals surface area contributed by atoms with Crippen molar-refractivity contribution >= 4 is 10.9 Å². The van der Waals surface area contributed by atoms with Crippen LogP contribution in [0.15, 0.2) is 76.1 Å². The number of tetrazole rings is 1. The van der Waals surface area contributed by atoms with Crippen LogP contribution >= 0.6 is 0 Å². The number of hydrogen-bond donors (Lipinski definition) is 1. The molecule has 0 unspecified atom stereocenters. The van der Waals surface area contributed by atoms with Gasteiger partial charge in [-0.3, -0.25) is 9.69 Å². The highest BCUT2D eigenvalue weighted by Gasteiger charge is 2.34. The quantitative estimate of drug-likeness (QED) is 0.276. The monoisotopic (exact) mass is 526 g/mol. The lowest BCUT2D eigenvalue weighted by Crippen LogP contribution is -2.37. The van der Waals surface area contributed by atoms with E-state index >= 15 is 0 Å². The lowest BCUT2D eigenvalue weighted by Gasteiger charge is -2.32. The smallest absolute Gasteiger partial charge is 0.253 e. The van der Waals surface area contributed by atoms with E-state index in [1.807, 2.05) is 95.3 Å². The standard InChI is InChI=1S/C30H34N6O3/c1-6-38-23-14-12-21(13-15-23)18-35(19-24-11-8-16-39-24)27(28-32-33-34-36(28)30(3,4)5)25-17-22-10-7-9-20(2)26(22)31-29(25)37/h7-17,27H,6,18-19H2,1-5H3,(H,31,37)/t27-/m0/s1. The molecule has 2 aromatic carbocycles. The van der Waals surface area contributed by atoms with E-state index in [0.717, 1.165) is 33.5 Å². The molecule has 0 saturated carbocycles. The molecule has 0 fully saturated rings. The van der Waals surface area contributed by atoms with Gasteiger partial charge < -0.3 is 14.1 Å². The average Bonchev–Trinajstić information content (AvgIpc) is 3.59. The zero-order chi connectivity index (χ0) is 27.6. The minimum Gasteiger partial charge on any atom is -0.494 e. The molecule has 9 nitrogen and oxygen atoms in total. The van der Waals surface area contributed by atoms with Crippen LogP contribution < -0.4 is 10.3 Å². The van der Waals surface area contributed by atoms with Crippen molar-refractivity contribution < 1.29 is 9.15 Å². The van der Waals surface area contributed by atoms with Gasteiger partial charge in [0, 0.05) is 12.1 Å². The number of nitrogens with one attached hydrogen (secondary N) is 1. The van der Waals surface area contributed by atoms with E-state index in [2.05, 4.69) is 25.4 Å². The molecule has 1 N–H and O–H groups in total. The zero-order valence-electron chi connectivity index (χ0n) is 23.0. The average molecular weight is 527 g/mol. The third-order valence-electron chi connectivity index (χ3n) is 6.71. The number of pyridine rings is 1. The van der Waals surface area contributed by atoms with Crippen molar-refractivity contribution in [2.75, 3.05) is 6.61 Å². The lowest BCUT2D eigenvalue weighted by molar-refractivity contribution is 0.171. The van der Waals surface area contributed by atoms with Gasteiger partial charge in [-0.25, -0.2) is 4.68 Å². The maximum absolute atomic E-state index is 13.8. The van der Waals surface area contributed by atoms with E-state index in [-0.39, 0.29) is 5.56 Å². The summed E-state index contributed by atoms with van der Waals surface area (Å²) in [7, 11) is 0. The van der Waals surface area contributed by atoms with Crippen molar-refractivity contribution in [2.45, 2.75) is 59.3 Å². The van der Waals surface area contributed by atoms with Crippen LogP contribution in [0.25, 0.3) is 10.9 Å². The summed E-state index contributed by atoms with van der Waals surface area (Å²) in [6.07, 6.45) is 1.66.